The van der Waals surface area contributed by atoms with Crippen LogP contribution in [0.4, 0.5) is 10.1 Å². The standard InChI is InChI=1S/C13H9FN2O3S/c14-11-7-10(17)5-6-12(11)16-20(18,19)13-4-2-1-3-9(13)8-15/h1-7,16-17H. The number of aromatic hydroxyl groups is 1. The van der Waals surface area contributed by atoms with Gasteiger partial charge >= 0.3 is 0 Å². The minimum Gasteiger partial charge on any atom is -0.508 e. The van der Waals surface area contributed by atoms with Gasteiger partial charge in [-0.05, 0) is 24.3 Å². The van der Waals surface area contributed by atoms with E-state index in [-0.39, 0.29) is 21.9 Å². The van der Waals surface area contributed by atoms with E-state index < -0.39 is 15.8 Å². The number of nitriles is 1. The molecule has 2 rings (SSSR count). The maximum atomic E-state index is 13.5. The molecule has 0 unspecified atom stereocenters. The summed E-state index contributed by atoms with van der Waals surface area (Å²) >= 11 is 0. The van der Waals surface area contributed by atoms with Crippen molar-refractivity contribution < 1.29 is 17.9 Å². The van der Waals surface area contributed by atoms with Crippen molar-refractivity contribution in [2.24, 2.45) is 0 Å². The number of nitrogens with zero attached hydrogens (tertiary/aromatic N) is 1. The largest absolute Gasteiger partial charge is 0.508 e. The Morgan fingerprint density at radius 3 is 2.55 bits per heavy atom. The van der Waals surface area contributed by atoms with Gasteiger partial charge in [0, 0.05) is 6.07 Å². The number of phenolic OH excluding ortho intramolecular Hbond substituents is 1. The van der Waals surface area contributed by atoms with Crippen molar-refractivity contribution >= 4 is 15.7 Å². The normalized spacial score (nSPS) is 10.8. The Bertz CT molecular complexity index is 798. The van der Waals surface area contributed by atoms with Crippen LogP contribution in [0, 0.1) is 17.1 Å². The molecule has 0 bridgehead atoms. The predicted octanol–water partition coefficient (Wildman–Crippen LogP) is 2.20. The van der Waals surface area contributed by atoms with Gasteiger partial charge in [-0.3, -0.25) is 4.72 Å². The van der Waals surface area contributed by atoms with Gasteiger partial charge in [-0.25, -0.2) is 12.8 Å². The molecule has 2 aromatic rings. The van der Waals surface area contributed by atoms with E-state index in [0.717, 1.165) is 18.2 Å². The van der Waals surface area contributed by atoms with Gasteiger partial charge in [0.15, 0.2) is 5.82 Å². The summed E-state index contributed by atoms with van der Waals surface area (Å²) in [5.74, 6) is -1.23. The molecule has 0 heterocycles. The molecule has 102 valence electrons. The number of halogens is 1. The summed E-state index contributed by atoms with van der Waals surface area (Å²) in [5.41, 5.74) is -0.352. The topological polar surface area (TPSA) is 90.2 Å². The zero-order valence-electron chi connectivity index (χ0n) is 10.0. The Hall–Kier alpha value is -2.59. The van der Waals surface area contributed by atoms with Crippen molar-refractivity contribution in [2.75, 3.05) is 4.72 Å². The first kappa shape index (κ1) is 13.8. The first-order chi connectivity index (χ1) is 9.44. The molecule has 0 aliphatic carbocycles. The van der Waals surface area contributed by atoms with Gasteiger partial charge in [-0.2, -0.15) is 5.26 Å². The Labute approximate surface area is 115 Å². The molecule has 0 fully saturated rings. The smallest absolute Gasteiger partial charge is 0.263 e. The molecule has 20 heavy (non-hydrogen) atoms. The van der Waals surface area contributed by atoms with Crippen LogP contribution in [0.5, 0.6) is 5.75 Å². The van der Waals surface area contributed by atoms with Crippen LogP contribution >= 0.6 is 0 Å². The van der Waals surface area contributed by atoms with Gasteiger partial charge in [0.25, 0.3) is 10.0 Å². The van der Waals surface area contributed by atoms with Gasteiger partial charge < -0.3 is 5.11 Å². The maximum Gasteiger partial charge on any atom is 0.263 e. The van der Waals surface area contributed by atoms with E-state index in [1.54, 1.807) is 6.07 Å². The summed E-state index contributed by atoms with van der Waals surface area (Å²) in [7, 11) is -4.09. The fraction of sp³-hybridized carbons (Fsp3) is 0. The number of nitrogens with one attached hydrogen (secondary N) is 1. The third-order valence-electron chi connectivity index (χ3n) is 2.49. The van der Waals surface area contributed by atoms with Gasteiger partial charge in [0.2, 0.25) is 0 Å². The van der Waals surface area contributed by atoms with Crippen molar-refractivity contribution in [1.29, 1.82) is 5.26 Å². The number of anilines is 1. The summed E-state index contributed by atoms with van der Waals surface area (Å²) in [6.07, 6.45) is 0. The second-order valence-corrected chi connectivity index (χ2v) is 5.53. The lowest BCUT2D eigenvalue weighted by atomic mass is 10.2. The van der Waals surface area contributed by atoms with Crippen LogP contribution in [-0.2, 0) is 10.0 Å². The summed E-state index contributed by atoms with van der Waals surface area (Å²) in [6, 6.07) is 10.4. The molecule has 0 saturated heterocycles. The van der Waals surface area contributed by atoms with Crippen LogP contribution in [0.1, 0.15) is 5.56 Å². The molecule has 2 N–H and O–H groups in total. The Kier molecular flexibility index (Phi) is 3.59. The fourth-order valence-electron chi connectivity index (χ4n) is 1.58. The molecule has 0 aliphatic heterocycles. The molecule has 0 amide bonds. The molecule has 7 heteroatoms. The Balaban J connectivity index is 2.44. The minimum absolute atomic E-state index is 0.0424. The zero-order chi connectivity index (χ0) is 14.8. The van der Waals surface area contributed by atoms with Crippen LogP contribution in [0.25, 0.3) is 0 Å². The van der Waals surface area contributed by atoms with Crippen LogP contribution in [-0.4, -0.2) is 13.5 Å². The van der Waals surface area contributed by atoms with Gasteiger partial charge in [0.05, 0.1) is 11.3 Å². The van der Waals surface area contributed by atoms with Gasteiger partial charge in [-0.1, -0.05) is 12.1 Å². The van der Waals surface area contributed by atoms with Crippen molar-refractivity contribution in [2.45, 2.75) is 4.90 Å². The lowest BCUT2D eigenvalue weighted by Gasteiger charge is -2.10. The quantitative estimate of drug-likeness (QED) is 0.849. The molecular formula is C13H9FN2O3S. The van der Waals surface area contributed by atoms with E-state index >= 15 is 0 Å². The number of hydrogen-bond donors (Lipinski definition) is 2. The number of hydrogen-bond acceptors (Lipinski definition) is 4. The number of benzene rings is 2. The highest BCUT2D eigenvalue weighted by Gasteiger charge is 2.19. The van der Waals surface area contributed by atoms with Gasteiger partial charge in [0.1, 0.15) is 16.7 Å². The summed E-state index contributed by atoms with van der Waals surface area (Å²) in [6.45, 7) is 0. The highest BCUT2D eigenvalue weighted by atomic mass is 32.2. The van der Waals surface area contributed by atoms with Crippen LogP contribution in [0.2, 0.25) is 0 Å². The SMILES string of the molecule is N#Cc1ccccc1S(=O)(=O)Nc1ccc(O)cc1F. The van der Waals surface area contributed by atoms with E-state index in [1.165, 1.54) is 24.3 Å². The van der Waals surface area contributed by atoms with E-state index in [1.807, 2.05) is 4.72 Å². The van der Waals surface area contributed by atoms with Crippen molar-refractivity contribution in [1.82, 2.24) is 0 Å². The van der Waals surface area contributed by atoms with E-state index in [4.69, 9.17) is 10.4 Å². The molecule has 0 aliphatic rings. The van der Waals surface area contributed by atoms with E-state index in [0.29, 0.717) is 0 Å². The summed E-state index contributed by atoms with van der Waals surface area (Å²) in [5, 5.41) is 18.0. The lowest BCUT2D eigenvalue weighted by Crippen LogP contribution is -2.15. The third kappa shape index (κ3) is 2.70. The molecular weight excluding hydrogens is 283 g/mol. The monoisotopic (exact) mass is 292 g/mol. The number of rotatable bonds is 3. The first-order valence-electron chi connectivity index (χ1n) is 5.44. The third-order valence-corrected chi connectivity index (χ3v) is 3.92. The fourth-order valence-corrected chi connectivity index (χ4v) is 2.81. The van der Waals surface area contributed by atoms with Gasteiger partial charge in [-0.15, -0.1) is 0 Å². The summed E-state index contributed by atoms with van der Waals surface area (Å²) in [4.78, 5) is -0.241. The molecule has 0 atom stereocenters. The molecule has 0 radical (unpaired) electrons. The van der Waals surface area contributed by atoms with Crippen molar-refractivity contribution in [3.8, 4) is 11.8 Å². The van der Waals surface area contributed by atoms with Crippen LogP contribution < -0.4 is 4.72 Å². The van der Waals surface area contributed by atoms with E-state index in [2.05, 4.69) is 0 Å². The number of phenols is 1. The minimum atomic E-state index is -4.09. The molecule has 2 aromatic carbocycles. The zero-order valence-corrected chi connectivity index (χ0v) is 10.9. The average molecular weight is 292 g/mol. The second-order valence-electron chi connectivity index (χ2n) is 3.88. The highest BCUT2D eigenvalue weighted by Crippen LogP contribution is 2.23. The molecule has 0 spiro atoms. The van der Waals surface area contributed by atoms with Crippen LogP contribution in [0.15, 0.2) is 47.4 Å². The number of sulfonamides is 1. The average Bonchev–Trinajstić information content (AvgIpc) is 2.42. The molecule has 5 nitrogen and oxygen atoms in total. The van der Waals surface area contributed by atoms with Crippen molar-refractivity contribution in [3.63, 3.8) is 0 Å². The highest BCUT2D eigenvalue weighted by molar-refractivity contribution is 7.92. The Morgan fingerprint density at radius 2 is 1.90 bits per heavy atom. The summed E-state index contributed by atoms with van der Waals surface area (Å²) < 4.78 is 39.8. The van der Waals surface area contributed by atoms with Crippen molar-refractivity contribution in [3.05, 3.63) is 53.8 Å². The maximum absolute atomic E-state index is 13.5. The van der Waals surface area contributed by atoms with Crippen LogP contribution in [0.3, 0.4) is 0 Å². The molecule has 0 aromatic heterocycles. The Morgan fingerprint density at radius 1 is 1.20 bits per heavy atom. The predicted molar refractivity (Wildman–Crippen MR) is 70.0 cm³/mol. The van der Waals surface area contributed by atoms with E-state index in [9.17, 15) is 12.8 Å². The lowest BCUT2D eigenvalue weighted by molar-refractivity contribution is 0.469. The second kappa shape index (κ2) is 5.19. The first-order valence-corrected chi connectivity index (χ1v) is 6.93. The molecule has 0 saturated carbocycles.